The number of nitrogens with zero attached hydrogens (tertiary/aromatic N) is 1. The summed E-state index contributed by atoms with van der Waals surface area (Å²) in [6.45, 7) is 0. The molecular formula is C41H30ClNO3. The Morgan fingerprint density at radius 3 is 1.91 bits per heavy atom. The maximum absolute atomic E-state index is 11.7. The third-order valence-corrected chi connectivity index (χ3v) is 9.43. The first-order valence-electron chi connectivity index (χ1n) is 15.2. The summed E-state index contributed by atoms with van der Waals surface area (Å²) in [6.07, 6.45) is 2.35. The summed E-state index contributed by atoms with van der Waals surface area (Å²) >= 11 is 6.81. The minimum Gasteiger partial charge on any atom is -0.507 e. The van der Waals surface area contributed by atoms with Gasteiger partial charge in [-0.25, -0.2) is 0 Å². The lowest BCUT2D eigenvalue weighted by Crippen LogP contribution is -2.32. The molecule has 1 aromatic heterocycles. The van der Waals surface area contributed by atoms with Crippen LogP contribution in [0.3, 0.4) is 0 Å². The Morgan fingerprint density at radius 1 is 0.630 bits per heavy atom. The zero-order chi connectivity index (χ0) is 31.4. The molecule has 7 aromatic rings. The molecule has 0 radical (unpaired) electrons. The van der Waals surface area contributed by atoms with Gasteiger partial charge in [0.05, 0.1) is 25.4 Å². The molecule has 46 heavy (non-hydrogen) atoms. The molecule has 0 saturated carbocycles. The number of hydrogen-bond donors (Lipinski definition) is 1. The first-order chi connectivity index (χ1) is 22.5. The Hall–Kier alpha value is -5.45. The molecule has 224 valence electrons. The Balaban J connectivity index is 1.59. The summed E-state index contributed by atoms with van der Waals surface area (Å²) in [6, 6.07) is 45.0. The zero-order valence-corrected chi connectivity index (χ0v) is 26.1. The predicted octanol–water partition coefficient (Wildman–Crippen LogP) is 10.1. The molecule has 1 aliphatic heterocycles. The van der Waals surface area contributed by atoms with Gasteiger partial charge in [-0.05, 0) is 76.0 Å². The number of methoxy groups -OCH3 is 2. The second-order valence-corrected chi connectivity index (χ2v) is 12.0. The fraction of sp³-hybridized carbons (Fsp3) is 0.0732. The Morgan fingerprint density at radius 2 is 1.26 bits per heavy atom. The largest absolute Gasteiger partial charge is 0.507 e. The van der Waals surface area contributed by atoms with E-state index in [1.54, 1.807) is 20.3 Å². The molecule has 0 bridgehead atoms. The Kier molecular flexibility index (Phi) is 6.63. The van der Waals surface area contributed by atoms with E-state index < -0.39 is 5.54 Å². The first-order valence-corrected chi connectivity index (χ1v) is 15.5. The van der Waals surface area contributed by atoms with Crippen LogP contribution in [0.25, 0.3) is 38.4 Å². The average molecular weight is 620 g/mol. The highest BCUT2D eigenvalue weighted by atomic mass is 35.5. The molecule has 0 aliphatic carbocycles. The number of halogens is 1. The van der Waals surface area contributed by atoms with Crippen molar-refractivity contribution in [2.45, 2.75) is 5.54 Å². The van der Waals surface area contributed by atoms with E-state index >= 15 is 0 Å². The third-order valence-electron chi connectivity index (χ3n) is 9.19. The molecule has 0 atom stereocenters. The number of phenolic OH excluding ortho intramolecular Hbond substituents is 1. The third kappa shape index (κ3) is 4.14. The lowest BCUT2D eigenvalue weighted by molar-refractivity contribution is 0.413. The van der Waals surface area contributed by atoms with E-state index in [-0.39, 0.29) is 5.75 Å². The van der Waals surface area contributed by atoms with Gasteiger partial charge in [-0.15, -0.1) is 0 Å². The SMILES string of the molecule is COc1ccc(C2(c3ccc(OC)cc3)C=C(c3ccccc3)c3c(-c4c(O)ccc5ccccc45)c4ccc(Cl)cc4n32)cc1. The molecular weight excluding hydrogens is 590 g/mol. The summed E-state index contributed by atoms with van der Waals surface area (Å²) in [5.41, 5.74) is 7.15. The second-order valence-electron chi connectivity index (χ2n) is 11.5. The molecule has 2 heterocycles. The minimum atomic E-state index is -0.791. The lowest BCUT2D eigenvalue weighted by Gasteiger charge is -2.33. The van der Waals surface area contributed by atoms with Gasteiger partial charge >= 0.3 is 0 Å². The van der Waals surface area contributed by atoms with E-state index in [1.807, 2.05) is 60.7 Å². The van der Waals surface area contributed by atoms with E-state index in [1.165, 1.54) is 0 Å². The van der Waals surface area contributed by atoms with Crippen LogP contribution in [0, 0.1) is 0 Å². The van der Waals surface area contributed by atoms with Crippen LogP contribution in [0.2, 0.25) is 5.02 Å². The predicted molar refractivity (Wildman–Crippen MR) is 187 cm³/mol. The molecule has 1 N–H and O–H groups in total. The van der Waals surface area contributed by atoms with Gasteiger partial charge in [0.15, 0.2) is 0 Å². The number of benzene rings is 6. The smallest absolute Gasteiger partial charge is 0.124 e. The van der Waals surface area contributed by atoms with Crippen LogP contribution in [0.4, 0.5) is 0 Å². The first kappa shape index (κ1) is 28.1. The van der Waals surface area contributed by atoms with Crippen molar-refractivity contribution in [1.29, 1.82) is 0 Å². The van der Waals surface area contributed by atoms with E-state index in [2.05, 4.69) is 77.4 Å². The van der Waals surface area contributed by atoms with Gasteiger partial charge in [-0.3, -0.25) is 0 Å². The number of rotatable bonds is 6. The molecule has 5 heteroatoms. The van der Waals surface area contributed by atoms with Gasteiger partial charge in [-0.1, -0.05) is 103 Å². The molecule has 0 amide bonds. The number of phenols is 1. The highest BCUT2D eigenvalue weighted by Gasteiger charge is 2.45. The van der Waals surface area contributed by atoms with Crippen molar-refractivity contribution in [3.8, 4) is 28.4 Å². The molecule has 8 rings (SSSR count). The van der Waals surface area contributed by atoms with E-state index in [9.17, 15) is 5.11 Å². The van der Waals surface area contributed by atoms with Crippen molar-refractivity contribution < 1.29 is 14.6 Å². The second kappa shape index (κ2) is 10.9. The summed E-state index contributed by atoms with van der Waals surface area (Å²) in [5, 5.41) is 15.3. The van der Waals surface area contributed by atoms with Gasteiger partial charge in [0, 0.05) is 27.1 Å². The van der Waals surface area contributed by atoms with Gasteiger partial charge in [-0.2, -0.15) is 0 Å². The summed E-state index contributed by atoms with van der Waals surface area (Å²) in [7, 11) is 3.36. The molecule has 0 unspecified atom stereocenters. The van der Waals surface area contributed by atoms with Crippen LogP contribution in [0.1, 0.15) is 22.4 Å². The number of hydrogen-bond acceptors (Lipinski definition) is 3. The molecule has 6 aromatic carbocycles. The number of aromatic nitrogens is 1. The van der Waals surface area contributed by atoms with Gasteiger partial charge < -0.3 is 19.1 Å². The lowest BCUT2D eigenvalue weighted by atomic mass is 9.81. The van der Waals surface area contributed by atoms with Gasteiger partial charge in [0.2, 0.25) is 0 Å². The van der Waals surface area contributed by atoms with Crippen molar-refractivity contribution in [1.82, 2.24) is 4.57 Å². The highest BCUT2D eigenvalue weighted by Crippen LogP contribution is 2.55. The van der Waals surface area contributed by atoms with Crippen LogP contribution in [0.15, 0.2) is 140 Å². The topological polar surface area (TPSA) is 43.6 Å². The minimum absolute atomic E-state index is 0.225. The van der Waals surface area contributed by atoms with Crippen LogP contribution < -0.4 is 9.47 Å². The van der Waals surface area contributed by atoms with Gasteiger partial charge in [0.1, 0.15) is 22.8 Å². The van der Waals surface area contributed by atoms with Gasteiger partial charge in [0.25, 0.3) is 0 Å². The van der Waals surface area contributed by atoms with Crippen molar-refractivity contribution in [3.63, 3.8) is 0 Å². The van der Waals surface area contributed by atoms with Crippen molar-refractivity contribution in [3.05, 3.63) is 167 Å². The highest BCUT2D eigenvalue weighted by molar-refractivity contribution is 6.31. The monoisotopic (exact) mass is 619 g/mol. The standard InChI is InChI=1S/C41H30ClNO3/c1-45-31-18-13-28(14-19-31)41(29-15-20-32(46-2)21-16-29)25-35(26-8-4-3-5-9-26)40-39(34-22-17-30(42)24-36(34)43(40)41)38-33-11-7-6-10-27(33)12-23-37(38)44/h3-25,44H,1-2H3. The molecule has 1 aliphatic rings. The fourth-order valence-corrected chi connectivity index (χ4v) is 7.29. The zero-order valence-electron chi connectivity index (χ0n) is 25.4. The average Bonchev–Trinajstić information content (AvgIpc) is 3.63. The van der Waals surface area contributed by atoms with Crippen molar-refractivity contribution >= 4 is 38.8 Å². The van der Waals surface area contributed by atoms with Crippen LogP contribution in [-0.2, 0) is 5.54 Å². The van der Waals surface area contributed by atoms with E-state index in [0.717, 1.165) is 72.3 Å². The van der Waals surface area contributed by atoms with Crippen LogP contribution >= 0.6 is 11.6 Å². The quantitative estimate of drug-likeness (QED) is 0.201. The van der Waals surface area contributed by atoms with Crippen LogP contribution in [0.5, 0.6) is 17.2 Å². The normalized spacial score (nSPS) is 13.5. The Labute approximate surface area is 272 Å². The fourth-order valence-electron chi connectivity index (χ4n) is 7.12. The maximum Gasteiger partial charge on any atom is 0.124 e. The molecule has 0 spiro atoms. The molecule has 0 saturated heterocycles. The number of allylic oxidation sites excluding steroid dienone is 1. The number of fused-ring (bicyclic) bond motifs is 4. The number of aromatic hydroxyl groups is 1. The maximum atomic E-state index is 11.7. The van der Waals surface area contributed by atoms with Crippen LogP contribution in [-0.4, -0.2) is 23.9 Å². The van der Waals surface area contributed by atoms with Crippen molar-refractivity contribution in [2.24, 2.45) is 0 Å². The van der Waals surface area contributed by atoms with Crippen molar-refractivity contribution in [2.75, 3.05) is 14.2 Å². The molecule has 4 nitrogen and oxygen atoms in total. The molecule has 0 fully saturated rings. The van der Waals surface area contributed by atoms with E-state index in [0.29, 0.717) is 5.02 Å². The summed E-state index contributed by atoms with van der Waals surface area (Å²) in [4.78, 5) is 0. The Bertz CT molecular complexity index is 2240. The summed E-state index contributed by atoms with van der Waals surface area (Å²) in [5.74, 6) is 1.78. The number of ether oxygens (including phenoxy) is 2. The van der Waals surface area contributed by atoms with E-state index in [4.69, 9.17) is 21.1 Å². The summed E-state index contributed by atoms with van der Waals surface area (Å²) < 4.78 is 13.6.